The Labute approximate surface area is 122 Å². The summed E-state index contributed by atoms with van der Waals surface area (Å²) >= 11 is 0. The Kier molecular flexibility index (Phi) is 7.73. The minimum absolute atomic E-state index is 0.0468. The normalized spacial score (nSPS) is 13.2. The Morgan fingerprint density at radius 3 is 2.45 bits per heavy atom. The molecule has 0 fully saturated rings. The molecule has 0 aromatic heterocycles. The lowest BCUT2D eigenvalue weighted by Crippen LogP contribution is -2.34. The summed E-state index contributed by atoms with van der Waals surface area (Å²) in [6, 6.07) is 7.09. The average molecular weight is 281 g/mol. The summed E-state index contributed by atoms with van der Waals surface area (Å²) in [5, 5.41) is 3.38. The molecule has 1 N–H and O–H groups in total. The molecule has 1 unspecified atom stereocenters. The monoisotopic (exact) mass is 281 g/mol. The molecule has 1 aromatic rings. The van der Waals surface area contributed by atoms with Crippen LogP contribution in [-0.2, 0) is 0 Å². The second-order valence-corrected chi connectivity index (χ2v) is 5.55. The van der Waals surface area contributed by atoms with Crippen molar-refractivity contribution in [2.75, 3.05) is 47.3 Å². The van der Waals surface area contributed by atoms with E-state index in [1.54, 1.807) is 6.07 Å². The number of halogens is 1. The minimum Gasteiger partial charge on any atom is -0.309 e. The van der Waals surface area contributed by atoms with Crippen molar-refractivity contribution in [3.8, 4) is 0 Å². The second-order valence-electron chi connectivity index (χ2n) is 5.55. The molecule has 1 atom stereocenters. The van der Waals surface area contributed by atoms with Crippen LogP contribution in [0.3, 0.4) is 0 Å². The van der Waals surface area contributed by atoms with Crippen molar-refractivity contribution in [3.05, 3.63) is 35.6 Å². The second kappa shape index (κ2) is 9.06. The molecule has 3 nitrogen and oxygen atoms in total. The molecule has 0 aliphatic carbocycles. The number of nitrogens with one attached hydrogen (secondary N) is 1. The molecular weight excluding hydrogens is 253 g/mol. The smallest absolute Gasteiger partial charge is 0.128 e. The van der Waals surface area contributed by atoms with Gasteiger partial charge in [0.1, 0.15) is 5.82 Å². The van der Waals surface area contributed by atoms with Crippen LogP contribution in [-0.4, -0.2) is 57.1 Å². The van der Waals surface area contributed by atoms with Gasteiger partial charge in [0.2, 0.25) is 0 Å². The van der Waals surface area contributed by atoms with Gasteiger partial charge in [0.05, 0.1) is 0 Å². The van der Waals surface area contributed by atoms with Gasteiger partial charge in [-0.25, -0.2) is 4.39 Å². The summed E-state index contributed by atoms with van der Waals surface area (Å²) in [6.45, 7) is 5.82. The van der Waals surface area contributed by atoms with Crippen LogP contribution in [0.4, 0.5) is 4.39 Å². The van der Waals surface area contributed by atoms with E-state index in [4.69, 9.17) is 0 Å². The van der Waals surface area contributed by atoms with Gasteiger partial charge < -0.3 is 15.1 Å². The largest absolute Gasteiger partial charge is 0.309 e. The number of rotatable bonds is 9. The molecule has 0 bridgehead atoms. The molecule has 0 radical (unpaired) electrons. The molecule has 0 aliphatic rings. The molecule has 0 heterocycles. The van der Waals surface area contributed by atoms with Gasteiger partial charge in [-0.05, 0) is 53.3 Å². The molecule has 0 saturated carbocycles. The average Bonchev–Trinajstić information content (AvgIpc) is 2.38. The quantitative estimate of drug-likeness (QED) is 0.749. The van der Waals surface area contributed by atoms with Gasteiger partial charge >= 0.3 is 0 Å². The summed E-state index contributed by atoms with van der Waals surface area (Å²) in [7, 11) is 6.27. The van der Waals surface area contributed by atoms with Crippen LogP contribution in [0.2, 0.25) is 0 Å². The fraction of sp³-hybridized carbons (Fsp3) is 0.625. The highest BCUT2D eigenvalue weighted by atomic mass is 19.1. The van der Waals surface area contributed by atoms with Crippen LogP contribution < -0.4 is 5.32 Å². The summed E-state index contributed by atoms with van der Waals surface area (Å²) in [4.78, 5) is 4.45. The predicted molar refractivity (Wildman–Crippen MR) is 83.5 cm³/mol. The third-order valence-electron chi connectivity index (χ3n) is 3.37. The maximum absolute atomic E-state index is 13.9. The van der Waals surface area contributed by atoms with Crippen LogP contribution in [0.5, 0.6) is 0 Å². The molecular formula is C16H28FN3. The van der Waals surface area contributed by atoms with E-state index in [0.717, 1.165) is 38.2 Å². The van der Waals surface area contributed by atoms with Gasteiger partial charge in [-0.15, -0.1) is 0 Å². The standard InChI is InChI=1S/C16H28FN3/c1-5-18-16(14-9-6-7-10-15(14)17)13-20(4)12-8-11-19(2)3/h6-7,9-10,16,18H,5,8,11-13H2,1-4H3. The Morgan fingerprint density at radius 2 is 1.85 bits per heavy atom. The Bertz CT molecular complexity index is 382. The Hall–Kier alpha value is -0.970. The van der Waals surface area contributed by atoms with Crippen molar-refractivity contribution in [2.45, 2.75) is 19.4 Å². The molecule has 114 valence electrons. The lowest BCUT2D eigenvalue weighted by molar-refractivity contribution is 0.269. The van der Waals surface area contributed by atoms with Crippen molar-refractivity contribution in [2.24, 2.45) is 0 Å². The molecule has 0 saturated heterocycles. The summed E-state index contributed by atoms with van der Waals surface area (Å²) in [5.41, 5.74) is 0.758. The zero-order valence-electron chi connectivity index (χ0n) is 13.2. The molecule has 0 spiro atoms. The maximum Gasteiger partial charge on any atom is 0.128 e. The van der Waals surface area contributed by atoms with Crippen molar-refractivity contribution in [1.82, 2.24) is 15.1 Å². The van der Waals surface area contributed by atoms with Crippen molar-refractivity contribution in [1.29, 1.82) is 0 Å². The van der Waals surface area contributed by atoms with Crippen LogP contribution in [0.25, 0.3) is 0 Å². The van der Waals surface area contributed by atoms with Crippen molar-refractivity contribution < 1.29 is 4.39 Å². The lowest BCUT2D eigenvalue weighted by atomic mass is 10.1. The zero-order valence-corrected chi connectivity index (χ0v) is 13.2. The van der Waals surface area contributed by atoms with E-state index in [1.165, 1.54) is 6.07 Å². The number of hydrogen-bond acceptors (Lipinski definition) is 3. The van der Waals surface area contributed by atoms with E-state index in [0.29, 0.717) is 0 Å². The third-order valence-corrected chi connectivity index (χ3v) is 3.37. The van der Waals surface area contributed by atoms with Gasteiger partial charge in [0.25, 0.3) is 0 Å². The molecule has 20 heavy (non-hydrogen) atoms. The van der Waals surface area contributed by atoms with E-state index in [2.05, 4.69) is 43.2 Å². The first-order chi connectivity index (χ1) is 9.54. The first kappa shape index (κ1) is 17.1. The predicted octanol–water partition coefficient (Wildman–Crippen LogP) is 2.36. The van der Waals surface area contributed by atoms with E-state index in [9.17, 15) is 4.39 Å². The molecule has 0 aliphatic heterocycles. The zero-order chi connectivity index (χ0) is 15.0. The van der Waals surface area contributed by atoms with E-state index < -0.39 is 0 Å². The Balaban J connectivity index is 2.56. The number of likely N-dealkylation sites (N-methyl/N-ethyl adjacent to an activating group) is 2. The minimum atomic E-state index is -0.125. The van der Waals surface area contributed by atoms with Crippen molar-refractivity contribution in [3.63, 3.8) is 0 Å². The highest BCUT2D eigenvalue weighted by Crippen LogP contribution is 2.17. The first-order valence-corrected chi connectivity index (χ1v) is 7.35. The SMILES string of the molecule is CCNC(CN(C)CCCN(C)C)c1ccccc1F. The number of hydrogen-bond donors (Lipinski definition) is 1. The lowest BCUT2D eigenvalue weighted by Gasteiger charge is -2.25. The van der Waals surface area contributed by atoms with Crippen molar-refractivity contribution >= 4 is 0 Å². The first-order valence-electron chi connectivity index (χ1n) is 7.35. The molecule has 1 aromatic carbocycles. The van der Waals surface area contributed by atoms with Crippen LogP contribution in [0.15, 0.2) is 24.3 Å². The number of nitrogens with zero attached hydrogens (tertiary/aromatic N) is 2. The Morgan fingerprint density at radius 1 is 1.15 bits per heavy atom. The molecule has 1 rings (SSSR count). The highest BCUT2D eigenvalue weighted by molar-refractivity contribution is 5.21. The van der Waals surface area contributed by atoms with Gasteiger partial charge in [-0.2, -0.15) is 0 Å². The number of benzene rings is 1. The van der Waals surface area contributed by atoms with Crippen LogP contribution in [0.1, 0.15) is 24.9 Å². The van der Waals surface area contributed by atoms with Crippen LogP contribution >= 0.6 is 0 Å². The van der Waals surface area contributed by atoms with Gasteiger partial charge in [0.15, 0.2) is 0 Å². The summed E-state index contributed by atoms with van der Waals surface area (Å²) in [5.74, 6) is -0.125. The van der Waals surface area contributed by atoms with Gasteiger partial charge in [0, 0.05) is 18.2 Å². The third kappa shape index (κ3) is 5.99. The highest BCUT2D eigenvalue weighted by Gasteiger charge is 2.16. The molecule has 4 heteroatoms. The topological polar surface area (TPSA) is 18.5 Å². The maximum atomic E-state index is 13.9. The van der Waals surface area contributed by atoms with Gasteiger partial charge in [-0.3, -0.25) is 0 Å². The summed E-state index contributed by atoms with van der Waals surface area (Å²) in [6.07, 6.45) is 1.12. The van der Waals surface area contributed by atoms with E-state index in [1.807, 2.05) is 12.1 Å². The van der Waals surface area contributed by atoms with Gasteiger partial charge in [-0.1, -0.05) is 25.1 Å². The fourth-order valence-electron chi connectivity index (χ4n) is 2.34. The van der Waals surface area contributed by atoms with Crippen LogP contribution in [0, 0.1) is 5.82 Å². The molecule has 0 amide bonds. The van der Waals surface area contributed by atoms with E-state index in [-0.39, 0.29) is 11.9 Å². The fourth-order valence-corrected chi connectivity index (χ4v) is 2.34. The van der Waals surface area contributed by atoms with E-state index >= 15 is 0 Å². The summed E-state index contributed by atoms with van der Waals surface area (Å²) < 4.78 is 13.9.